The largest absolute Gasteiger partial charge is 0.338 e. The minimum absolute atomic E-state index is 0.207. The van der Waals surface area contributed by atoms with E-state index in [1.807, 2.05) is 6.42 Å². The molecule has 1 saturated heterocycles. The molecule has 11 heavy (non-hydrogen) atoms. The lowest BCUT2D eigenvalue weighted by atomic mass is 10.4. The highest BCUT2D eigenvalue weighted by Crippen LogP contribution is 2.12. The van der Waals surface area contributed by atoms with E-state index in [1.54, 1.807) is 6.92 Å². The summed E-state index contributed by atoms with van der Waals surface area (Å²) in [5.41, 5.74) is 0. The van der Waals surface area contributed by atoms with Crippen LogP contribution in [0.5, 0.6) is 0 Å². The van der Waals surface area contributed by atoms with Crippen molar-refractivity contribution in [1.82, 2.24) is 4.31 Å². The van der Waals surface area contributed by atoms with Crippen molar-refractivity contribution in [3.05, 3.63) is 6.42 Å². The van der Waals surface area contributed by atoms with Crippen LogP contribution in [0.3, 0.4) is 0 Å². The number of hydrogen-bond acceptors (Lipinski definition) is 3. The van der Waals surface area contributed by atoms with Gasteiger partial charge >= 0.3 is 10.3 Å². The van der Waals surface area contributed by atoms with Gasteiger partial charge in [0.25, 0.3) is 0 Å². The monoisotopic (exact) mass is 178 g/mol. The maximum absolute atomic E-state index is 11.1. The van der Waals surface area contributed by atoms with Gasteiger partial charge in [-0.1, -0.05) is 0 Å². The Bertz CT molecular complexity index is 206. The predicted molar refractivity (Wildman–Crippen MR) is 41.0 cm³/mol. The smallest absolute Gasteiger partial charge is 0.258 e. The molecule has 0 spiro atoms. The highest BCUT2D eigenvalue weighted by Gasteiger charge is 2.25. The van der Waals surface area contributed by atoms with Crippen molar-refractivity contribution < 1.29 is 12.6 Å². The lowest BCUT2D eigenvalue weighted by molar-refractivity contribution is 0.295. The van der Waals surface area contributed by atoms with Crippen LogP contribution in [0.4, 0.5) is 0 Å². The fraction of sp³-hybridized carbons (Fsp3) is 0.833. The van der Waals surface area contributed by atoms with Gasteiger partial charge in [0.05, 0.1) is 6.61 Å². The van der Waals surface area contributed by atoms with Crippen LogP contribution in [0, 0.1) is 6.42 Å². The summed E-state index contributed by atoms with van der Waals surface area (Å²) < 4.78 is 28.2. The third kappa shape index (κ3) is 2.15. The molecule has 0 saturated carbocycles. The Morgan fingerprint density at radius 1 is 1.64 bits per heavy atom. The SMILES string of the molecule is CCOS(=O)(=O)N1C[CH]CC1. The Kier molecular flexibility index (Phi) is 2.86. The second kappa shape index (κ2) is 3.51. The molecule has 0 unspecified atom stereocenters. The summed E-state index contributed by atoms with van der Waals surface area (Å²) in [5, 5.41) is 0. The van der Waals surface area contributed by atoms with Gasteiger partial charge in [0.2, 0.25) is 0 Å². The molecule has 1 heterocycles. The van der Waals surface area contributed by atoms with Crippen LogP contribution >= 0.6 is 0 Å². The summed E-state index contributed by atoms with van der Waals surface area (Å²) in [5.74, 6) is 0. The quantitative estimate of drug-likeness (QED) is 0.619. The first-order valence-corrected chi connectivity index (χ1v) is 4.99. The van der Waals surface area contributed by atoms with Gasteiger partial charge in [-0.15, -0.1) is 0 Å². The fourth-order valence-corrected chi connectivity index (χ4v) is 2.05. The van der Waals surface area contributed by atoms with Gasteiger partial charge in [-0.3, -0.25) is 4.18 Å². The molecule has 1 fully saturated rings. The summed E-state index contributed by atoms with van der Waals surface area (Å²) in [7, 11) is -3.41. The Morgan fingerprint density at radius 2 is 2.36 bits per heavy atom. The molecule has 1 aliphatic rings. The van der Waals surface area contributed by atoms with Crippen molar-refractivity contribution in [3.8, 4) is 0 Å². The zero-order chi connectivity index (χ0) is 8.32. The Hall–Kier alpha value is -0.130. The van der Waals surface area contributed by atoms with Gasteiger partial charge < -0.3 is 0 Å². The van der Waals surface area contributed by atoms with E-state index in [4.69, 9.17) is 0 Å². The molecule has 0 aromatic carbocycles. The van der Waals surface area contributed by atoms with Gasteiger partial charge in [-0.2, -0.15) is 12.7 Å². The minimum atomic E-state index is -3.41. The molecule has 0 aromatic rings. The Labute approximate surface area is 67.4 Å². The van der Waals surface area contributed by atoms with Gasteiger partial charge in [0.15, 0.2) is 0 Å². The van der Waals surface area contributed by atoms with Crippen molar-refractivity contribution in [1.29, 1.82) is 0 Å². The molecular formula is C6H12NO3S. The van der Waals surface area contributed by atoms with Crippen molar-refractivity contribution in [3.63, 3.8) is 0 Å². The van der Waals surface area contributed by atoms with Crippen LogP contribution in [0.2, 0.25) is 0 Å². The fourth-order valence-electron chi connectivity index (χ4n) is 0.988. The van der Waals surface area contributed by atoms with E-state index >= 15 is 0 Å². The van der Waals surface area contributed by atoms with Crippen LogP contribution in [0.25, 0.3) is 0 Å². The van der Waals surface area contributed by atoms with Crippen molar-refractivity contribution in [2.45, 2.75) is 13.3 Å². The molecule has 1 aliphatic heterocycles. The average Bonchev–Trinajstić information content (AvgIpc) is 2.37. The third-order valence-electron chi connectivity index (χ3n) is 1.50. The zero-order valence-corrected chi connectivity index (χ0v) is 7.30. The lowest BCUT2D eigenvalue weighted by Gasteiger charge is -2.13. The first kappa shape index (κ1) is 8.96. The highest BCUT2D eigenvalue weighted by atomic mass is 32.2. The average molecular weight is 178 g/mol. The summed E-state index contributed by atoms with van der Waals surface area (Å²) in [6, 6.07) is 0. The topological polar surface area (TPSA) is 46.6 Å². The molecule has 1 rings (SSSR count). The molecule has 0 amide bonds. The van der Waals surface area contributed by atoms with E-state index in [0.29, 0.717) is 13.1 Å². The number of hydrogen-bond donors (Lipinski definition) is 0. The van der Waals surface area contributed by atoms with E-state index in [2.05, 4.69) is 4.18 Å². The van der Waals surface area contributed by atoms with E-state index in [9.17, 15) is 8.42 Å². The van der Waals surface area contributed by atoms with Gasteiger partial charge in [0.1, 0.15) is 0 Å². The molecule has 4 nitrogen and oxygen atoms in total. The lowest BCUT2D eigenvalue weighted by Crippen LogP contribution is -2.29. The number of rotatable bonds is 3. The summed E-state index contributed by atoms with van der Waals surface area (Å²) in [4.78, 5) is 0. The highest BCUT2D eigenvalue weighted by molar-refractivity contribution is 7.84. The first-order valence-electron chi connectivity index (χ1n) is 3.63. The maximum Gasteiger partial charge on any atom is 0.338 e. The van der Waals surface area contributed by atoms with Crippen molar-refractivity contribution in [2.75, 3.05) is 19.7 Å². The molecule has 0 bridgehead atoms. The van der Waals surface area contributed by atoms with Gasteiger partial charge in [0, 0.05) is 13.1 Å². The third-order valence-corrected chi connectivity index (χ3v) is 3.00. The van der Waals surface area contributed by atoms with Gasteiger partial charge in [-0.05, 0) is 19.8 Å². The molecule has 0 aliphatic carbocycles. The molecular weight excluding hydrogens is 166 g/mol. The molecule has 5 heteroatoms. The summed E-state index contributed by atoms with van der Waals surface area (Å²) in [6.45, 7) is 2.92. The molecule has 0 N–H and O–H groups in total. The second-order valence-electron chi connectivity index (χ2n) is 2.30. The van der Waals surface area contributed by atoms with Crippen LogP contribution in [-0.4, -0.2) is 32.4 Å². The van der Waals surface area contributed by atoms with E-state index in [-0.39, 0.29) is 6.61 Å². The molecule has 65 valence electrons. The van der Waals surface area contributed by atoms with E-state index in [0.717, 1.165) is 6.42 Å². The zero-order valence-electron chi connectivity index (χ0n) is 6.49. The minimum Gasteiger partial charge on any atom is -0.258 e. The van der Waals surface area contributed by atoms with Crippen LogP contribution in [0.1, 0.15) is 13.3 Å². The first-order chi connectivity index (χ1) is 5.17. The van der Waals surface area contributed by atoms with Crippen molar-refractivity contribution >= 4 is 10.3 Å². The van der Waals surface area contributed by atoms with Gasteiger partial charge in [-0.25, -0.2) is 0 Å². The normalized spacial score (nSPS) is 20.8. The maximum atomic E-state index is 11.1. The predicted octanol–water partition coefficient (Wildman–Crippen LogP) is 0.178. The molecule has 1 radical (unpaired) electrons. The van der Waals surface area contributed by atoms with Crippen LogP contribution in [0.15, 0.2) is 0 Å². The summed E-state index contributed by atoms with van der Waals surface area (Å²) >= 11 is 0. The van der Waals surface area contributed by atoms with Crippen LogP contribution < -0.4 is 0 Å². The van der Waals surface area contributed by atoms with Crippen molar-refractivity contribution in [2.24, 2.45) is 0 Å². The Morgan fingerprint density at radius 3 is 2.82 bits per heavy atom. The van der Waals surface area contributed by atoms with Crippen LogP contribution in [-0.2, 0) is 14.5 Å². The number of nitrogens with zero attached hydrogens (tertiary/aromatic N) is 1. The summed E-state index contributed by atoms with van der Waals surface area (Å²) in [6.07, 6.45) is 2.75. The standard InChI is InChI=1S/C6H12NO3S/c1-2-10-11(8,9)7-5-3-4-6-7/h3H,2,4-6H2,1H3. The second-order valence-corrected chi connectivity index (χ2v) is 3.91. The molecule has 0 aromatic heterocycles. The van der Waals surface area contributed by atoms with E-state index < -0.39 is 10.3 Å². The Balaban J connectivity index is 2.56. The molecule has 0 atom stereocenters. The van der Waals surface area contributed by atoms with E-state index in [1.165, 1.54) is 4.31 Å².